The molecule has 0 spiro atoms. The molecule has 3 rings (SSSR count). The van der Waals surface area contributed by atoms with E-state index in [1.54, 1.807) is 24.3 Å². The molecule has 1 heterocycles. The zero-order valence-electron chi connectivity index (χ0n) is 15.6. The Morgan fingerprint density at radius 2 is 2.04 bits per heavy atom. The molecule has 0 amide bonds. The molecular weight excluding hydrogens is 373 g/mol. The van der Waals surface area contributed by atoms with Gasteiger partial charge in [-0.15, -0.1) is 0 Å². The van der Waals surface area contributed by atoms with Crippen molar-refractivity contribution in [3.63, 3.8) is 0 Å². The van der Waals surface area contributed by atoms with Crippen LogP contribution in [0, 0.1) is 5.82 Å². The summed E-state index contributed by atoms with van der Waals surface area (Å²) < 4.78 is 14.7. The predicted molar refractivity (Wildman–Crippen MR) is 115 cm³/mol. The summed E-state index contributed by atoms with van der Waals surface area (Å²) in [5.74, 6) is 0.578. The summed E-state index contributed by atoms with van der Waals surface area (Å²) in [4.78, 5) is 10.0. The summed E-state index contributed by atoms with van der Waals surface area (Å²) in [6, 6.07) is 5.01. The lowest BCUT2D eigenvalue weighted by Crippen LogP contribution is -2.08. The minimum atomic E-state index is -0.330. The van der Waals surface area contributed by atoms with E-state index in [0.29, 0.717) is 16.4 Å². The van der Waals surface area contributed by atoms with Crippen LogP contribution in [0.5, 0.6) is 0 Å². The van der Waals surface area contributed by atoms with E-state index in [-0.39, 0.29) is 11.8 Å². The monoisotopic (exact) mass is 397 g/mol. The van der Waals surface area contributed by atoms with Gasteiger partial charge in [-0.25, -0.2) is 9.37 Å². The molecule has 0 fully saturated rings. The van der Waals surface area contributed by atoms with Crippen molar-refractivity contribution in [3.8, 4) is 0 Å². The van der Waals surface area contributed by atoms with Gasteiger partial charge in [0.25, 0.3) is 0 Å². The average Bonchev–Trinajstić information content (AvgIpc) is 2.90. The number of nitrogen functional groups attached to an aromatic ring is 1. The molecule has 146 valence electrons. The van der Waals surface area contributed by atoms with Crippen LogP contribution in [0.2, 0.25) is 0 Å². The van der Waals surface area contributed by atoms with E-state index in [1.165, 1.54) is 24.0 Å². The maximum absolute atomic E-state index is 14.7. The molecule has 0 aliphatic heterocycles. The number of fused-ring (bicyclic) bond motifs is 1. The van der Waals surface area contributed by atoms with Crippen LogP contribution in [-0.2, 0) is 12.8 Å². The fourth-order valence-electron chi connectivity index (χ4n) is 3.15. The Balaban J connectivity index is 1.85. The lowest BCUT2D eigenvalue weighted by Gasteiger charge is -2.14. The first-order chi connectivity index (χ1) is 13.6. The van der Waals surface area contributed by atoms with Crippen molar-refractivity contribution >= 4 is 29.2 Å². The number of aryl methyl sites for hydroxylation is 1. The van der Waals surface area contributed by atoms with Crippen LogP contribution in [0.1, 0.15) is 30.5 Å². The van der Waals surface area contributed by atoms with Crippen molar-refractivity contribution in [3.05, 3.63) is 71.2 Å². The van der Waals surface area contributed by atoms with Gasteiger partial charge in [0.2, 0.25) is 5.95 Å². The van der Waals surface area contributed by atoms with Crippen molar-refractivity contribution in [1.82, 2.24) is 9.97 Å². The van der Waals surface area contributed by atoms with Crippen LogP contribution in [0.4, 0.5) is 21.8 Å². The highest BCUT2D eigenvalue weighted by Crippen LogP contribution is 2.33. The number of hydrogen-bond donors (Lipinski definition) is 3. The molecule has 0 unspecified atom stereocenters. The predicted octanol–water partition coefficient (Wildman–Crippen LogP) is 4.84. The second-order valence-electron chi connectivity index (χ2n) is 6.45. The Hall–Kier alpha value is -2.80. The van der Waals surface area contributed by atoms with E-state index in [2.05, 4.69) is 21.9 Å². The quantitative estimate of drug-likeness (QED) is 0.367. The highest BCUT2D eigenvalue weighted by molar-refractivity contribution is 8.03. The van der Waals surface area contributed by atoms with Crippen LogP contribution in [0.25, 0.3) is 0 Å². The highest BCUT2D eigenvalue weighted by Gasteiger charge is 2.17. The molecule has 1 aromatic carbocycles. The van der Waals surface area contributed by atoms with Gasteiger partial charge in [0.15, 0.2) is 0 Å². The molecule has 0 bridgehead atoms. The molecule has 0 radical (unpaired) electrons. The largest absolute Gasteiger partial charge is 0.405 e. The van der Waals surface area contributed by atoms with Gasteiger partial charge < -0.3 is 16.8 Å². The molecular formula is C21H24FN5S. The molecule has 28 heavy (non-hydrogen) atoms. The number of benzene rings is 1. The van der Waals surface area contributed by atoms with Gasteiger partial charge in [0.1, 0.15) is 11.6 Å². The second kappa shape index (κ2) is 9.41. The fourth-order valence-corrected chi connectivity index (χ4v) is 4.01. The van der Waals surface area contributed by atoms with Gasteiger partial charge in [0.05, 0.1) is 5.69 Å². The van der Waals surface area contributed by atoms with Crippen LogP contribution in [0.3, 0.4) is 0 Å². The molecule has 5 N–H and O–H groups in total. The normalized spacial score (nSPS) is 14.5. The number of thioether (sulfide) groups is 1. The summed E-state index contributed by atoms with van der Waals surface area (Å²) in [5, 5.41) is 3.23. The minimum absolute atomic E-state index is 0.239. The smallest absolute Gasteiger partial charge is 0.222 e. The van der Waals surface area contributed by atoms with Crippen LogP contribution in [0.15, 0.2) is 59.0 Å². The van der Waals surface area contributed by atoms with Crippen molar-refractivity contribution in [2.45, 2.75) is 37.0 Å². The Morgan fingerprint density at radius 3 is 2.79 bits per heavy atom. The van der Waals surface area contributed by atoms with E-state index in [9.17, 15) is 4.39 Å². The summed E-state index contributed by atoms with van der Waals surface area (Å²) in [5.41, 5.74) is 14.0. The molecule has 0 saturated carbocycles. The third-order valence-electron chi connectivity index (χ3n) is 4.42. The summed E-state index contributed by atoms with van der Waals surface area (Å²) >= 11 is 1.28. The third kappa shape index (κ3) is 4.92. The fraction of sp³-hybridized carbons (Fsp3) is 0.238. The lowest BCUT2D eigenvalue weighted by molar-refractivity contribution is 0.603. The standard InChI is InChI=1S/C21H24FN5S/c1-2-6-15(11-12-23)28-19-10-9-14(13-17(19)22)25-20-16-7-4-3-5-8-18(16)26-21(24)27-20/h2,6,9-13H,1,3-5,7-8,23H2,(H3,24,25,26,27)/b12-11-,15-6+. The number of nitrogens with two attached hydrogens (primary N) is 2. The number of anilines is 3. The first kappa shape index (κ1) is 19.9. The number of nitrogens with zero attached hydrogens (tertiary/aromatic N) is 2. The van der Waals surface area contributed by atoms with Crippen molar-refractivity contribution in [2.24, 2.45) is 5.73 Å². The average molecular weight is 398 g/mol. The van der Waals surface area contributed by atoms with Gasteiger partial charge in [-0.1, -0.05) is 30.8 Å². The number of allylic oxidation sites excluding steroid dienone is 3. The molecule has 1 aromatic heterocycles. The highest BCUT2D eigenvalue weighted by atomic mass is 32.2. The van der Waals surface area contributed by atoms with Gasteiger partial charge >= 0.3 is 0 Å². The third-order valence-corrected chi connectivity index (χ3v) is 5.47. The summed E-state index contributed by atoms with van der Waals surface area (Å²) in [7, 11) is 0. The van der Waals surface area contributed by atoms with Crippen LogP contribution in [-0.4, -0.2) is 9.97 Å². The molecule has 7 heteroatoms. The molecule has 1 aliphatic rings. The van der Waals surface area contributed by atoms with Gasteiger partial charge in [0, 0.05) is 21.1 Å². The topological polar surface area (TPSA) is 89.8 Å². The zero-order chi connectivity index (χ0) is 19.9. The van der Waals surface area contributed by atoms with E-state index < -0.39 is 0 Å². The Kier molecular flexibility index (Phi) is 6.71. The van der Waals surface area contributed by atoms with E-state index >= 15 is 0 Å². The van der Waals surface area contributed by atoms with Crippen molar-refractivity contribution in [1.29, 1.82) is 0 Å². The number of nitrogens with one attached hydrogen (secondary N) is 1. The minimum Gasteiger partial charge on any atom is -0.405 e. The van der Waals surface area contributed by atoms with Gasteiger partial charge in [-0.05, 0) is 62.2 Å². The number of aromatic nitrogens is 2. The number of hydrogen-bond acceptors (Lipinski definition) is 6. The maximum atomic E-state index is 14.7. The maximum Gasteiger partial charge on any atom is 0.222 e. The van der Waals surface area contributed by atoms with E-state index in [4.69, 9.17) is 11.5 Å². The van der Waals surface area contributed by atoms with Gasteiger partial charge in [-0.3, -0.25) is 0 Å². The van der Waals surface area contributed by atoms with Crippen molar-refractivity contribution < 1.29 is 4.39 Å². The van der Waals surface area contributed by atoms with Gasteiger partial charge in [-0.2, -0.15) is 4.98 Å². The summed E-state index contributed by atoms with van der Waals surface area (Å²) in [6.07, 6.45) is 11.7. The first-order valence-corrected chi connectivity index (χ1v) is 10.0. The van der Waals surface area contributed by atoms with E-state index in [0.717, 1.165) is 48.3 Å². The molecule has 0 atom stereocenters. The Bertz CT molecular complexity index is 923. The number of rotatable bonds is 6. The summed E-state index contributed by atoms with van der Waals surface area (Å²) in [6.45, 7) is 3.67. The lowest BCUT2D eigenvalue weighted by atomic mass is 10.1. The Labute approximate surface area is 168 Å². The number of halogens is 1. The van der Waals surface area contributed by atoms with E-state index in [1.807, 2.05) is 6.07 Å². The van der Waals surface area contributed by atoms with Crippen LogP contribution >= 0.6 is 11.8 Å². The van der Waals surface area contributed by atoms with Crippen molar-refractivity contribution in [2.75, 3.05) is 11.1 Å². The molecule has 5 nitrogen and oxygen atoms in total. The second-order valence-corrected chi connectivity index (χ2v) is 7.57. The molecule has 0 saturated heterocycles. The Morgan fingerprint density at radius 1 is 1.21 bits per heavy atom. The molecule has 1 aliphatic carbocycles. The molecule has 2 aromatic rings. The zero-order valence-corrected chi connectivity index (χ0v) is 16.4. The SMILES string of the molecule is C=C/C=C(\C=C/N)Sc1ccc(Nc2nc(N)nc3c2CCCCC3)cc1F. The van der Waals surface area contributed by atoms with Crippen LogP contribution < -0.4 is 16.8 Å². The first-order valence-electron chi connectivity index (χ1n) is 9.21.